The molecule has 10 rings (SSSR count). The summed E-state index contributed by atoms with van der Waals surface area (Å²) >= 11 is 0. The molecule has 2 aliphatic rings. The van der Waals surface area contributed by atoms with Crippen molar-refractivity contribution in [3.05, 3.63) is 245 Å². The maximum Gasteiger partial charge on any atom is 0.171 e. The van der Waals surface area contributed by atoms with Crippen LogP contribution in [0, 0.1) is 34.9 Å². The molecular weight excluding hydrogens is 864 g/mol. The second kappa shape index (κ2) is 17.4. The van der Waals surface area contributed by atoms with E-state index in [1.54, 1.807) is 121 Å². The number of hydrogen-bond acceptors (Lipinski definition) is 4. The van der Waals surface area contributed by atoms with Crippen LogP contribution in [0.15, 0.2) is 204 Å². The van der Waals surface area contributed by atoms with Crippen molar-refractivity contribution in [2.24, 2.45) is 9.98 Å². The van der Waals surface area contributed by atoms with Crippen molar-refractivity contribution >= 4 is 45.5 Å². The monoisotopic (exact) mass is 899 g/mol. The lowest BCUT2D eigenvalue weighted by Gasteiger charge is -2.25. The zero-order chi connectivity index (χ0) is 45.5. The van der Waals surface area contributed by atoms with Crippen LogP contribution in [0.2, 0.25) is 0 Å². The molecule has 1 aliphatic carbocycles. The van der Waals surface area contributed by atoms with Gasteiger partial charge in [0.05, 0.1) is 11.1 Å². The molecule has 66 heavy (non-hydrogen) atoms. The Morgan fingerprint density at radius 3 is 1.70 bits per heavy atom. The molecule has 2 atom stereocenters. The smallest absolute Gasteiger partial charge is 0.171 e. The molecule has 1 aliphatic heterocycles. The van der Waals surface area contributed by atoms with Gasteiger partial charge < -0.3 is 9.88 Å². The fourth-order valence-electron chi connectivity index (χ4n) is 8.73. The molecule has 0 saturated carbocycles. The molecule has 0 bridgehead atoms. The Morgan fingerprint density at radius 2 is 1.08 bits per heavy atom. The van der Waals surface area contributed by atoms with Gasteiger partial charge in [-0.25, -0.2) is 36.3 Å². The third kappa shape index (κ3) is 7.67. The molecule has 8 aromatic carbocycles. The van der Waals surface area contributed by atoms with Gasteiger partial charge in [-0.1, -0.05) is 146 Å². The van der Waals surface area contributed by atoms with Crippen LogP contribution < -0.4 is 21.2 Å². The van der Waals surface area contributed by atoms with E-state index in [4.69, 9.17) is 9.98 Å². The van der Waals surface area contributed by atoms with Crippen LogP contribution in [0.1, 0.15) is 35.2 Å². The van der Waals surface area contributed by atoms with E-state index in [1.165, 1.54) is 48.5 Å². The highest BCUT2D eigenvalue weighted by Crippen LogP contribution is 2.45. The predicted octanol–water partition coefficient (Wildman–Crippen LogP) is 12.8. The molecule has 11 heteroatoms. The van der Waals surface area contributed by atoms with E-state index in [1.807, 2.05) is 18.2 Å². The van der Waals surface area contributed by atoms with Crippen LogP contribution in [-0.2, 0) is 4.57 Å². The lowest BCUT2D eigenvalue weighted by Crippen LogP contribution is -2.36. The SMILES string of the molecule is O=P(c1ccccc1)(c1ccccc1)c1cccc(-c2c(F)c(F)c(-c3ccc(C4C=CC(C5=NC(c6ccc(F)cc6)N=C(c6ccc(F)cc6)N5)=CC4)c4ccccc34)c(F)c2F)c1. The van der Waals surface area contributed by atoms with Gasteiger partial charge in [0, 0.05) is 33.0 Å². The van der Waals surface area contributed by atoms with Crippen molar-refractivity contribution in [3.8, 4) is 22.3 Å². The standard InChI is InChI=1S/C55H36F6N3OP/c56-38-26-22-35(23-27-38)54-62-53(63-55(64-54)36-24-28-39(57)29-25-36)34-20-18-33(19-21-34)43-30-31-46(45-17-8-7-16-44(43)45)48-51(60)49(58)47(50(59)52(48)61)37-10-9-15-42(32-37)66(65,40-11-3-1-4-12-40)41-13-5-2-6-14-41/h1-18,20-33,54H,19H2,(H,62,63,64). The Kier molecular flexibility index (Phi) is 11.2. The molecule has 4 nitrogen and oxygen atoms in total. The van der Waals surface area contributed by atoms with Crippen molar-refractivity contribution < 1.29 is 30.9 Å². The number of rotatable bonds is 9. The van der Waals surface area contributed by atoms with Crippen LogP contribution >= 0.6 is 7.14 Å². The number of aliphatic imine (C=N–C) groups is 2. The van der Waals surface area contributed by atoms with Crippen LogP contribution in [0.5, 0.6) is 0 Å². The minimum absolute atomic E-state index is 0.0312. The number of amidine groups is 2. The maximum atomic E-state index is 16.5. The molecule has 1 N–H and O–H groups in total. The number of hydrogen-bond donors (Lipinski definition) is 1. The quantitative estimate of drug-likeness (QED) is 0.0891. The first kappa shape index (κ1) is 42.4. The van der Waals surface area contributed by atoms with E-state index < -0.39 is 59.3 Å². The third-order valence-corrected chi connectivity index (χ3v) is 15.1. The third-order valence-electron chi connectivity index (χ3n) is 12.0. The van der Waals surface area contributed by atoms with Gasteiger partial charge in [-0.05, 0) is 81.9 Å². The van der Waals surface area contributed by atoms with Gasteiger partial charge in [0.15, 0.2) is 36.6 Å². The number of fused-ring (bicyclic) bond motifs is 1. The minimum Gasteiger partial charge on any atom is -0.324 e. The maximum absolute atomic E-state index is 16.5. The van der Waals surface area contributed by atoms with E-state index in [9.17, 15) is 8.78 Å². The highest BCUT2D eigenvalue weighted by molar-refractivity contribution is 7.85. The van der Waals surface area contributed by atoms with Gasteiger partial charge in [0.2, 0.25) is 0 Å². The van der Waals surface area contributed by atoms with Gasteiger partial charge in [0.1, 0.15) is 23.3 Å². The van der Waals surface area contributed by atoms with Crippen molar-refractivity contribution in [1.82, 2.24) is 5.32 Å². The summed E-state index contributed by atoms with van der Waals surface area (Å²) in [5.74, 6) is -6.33. The summed E-state index contributed by atoms with van der Waals surface area (Å²) in [6.07, 6.45) is 5.65. The lowest BCUT2D eigenvalue weighted by atomic mass is 9.84. The van der Waals surface area contributed by atoms with E-state index in [-0.39, 0.29) is 22.3 Å². The summed E-state index contributed by atoms with van der Waals surface area (Å²) in [4.78, 5) is 9.59. The normalized spacial score (nSPS) is 16.1. The van der Waals surface area contributed by atoms with Crippen molar-refractivity contribution in [1.29, 1.82) is 0 Å². The molecule has 1 heterocycles. The first-order valence-electron chi connectivity index (χ1n) is 21.1. The summed E-state index contributed by atoms with van der Waals surface area (Å²) in [6.45, 7) is 0. The Morgan fingerprint density at radius 1 is 0.515 bits per heavy atom. The van der Waals surface area contributed by atoms with Gasteiger partial charge in [-0.3, -0.25) is 0 Å². The number of nitrogens with one attached hydrogen (secondary N) is 1. The average molecular weight is 900 g/mol. The first-order chi connectivity index (χ1) is 32.1. The van der Waals surface area contributed by atoms with Gasteiger partial charge in [0.25, 0.3) is 0 Å². The first-order valence-corrected chi connectivity index (χ1v) is 22.8. The van der Waals surface area contributed by atoms with Crippen LogP contribution in [0.25, 0.3) is 33.0 Å². The van der Waals surface area contributed by atoms with Gasteiger partial charge in [-0.15, -0.1) is 0 Å². The topological polar surface area (TPSA) is 53.8 Å². The summed E-state index contributed by atoms with van der Waals surface area (Å²) in [6, 6.07) is 45.0. The molecule has 0 aromatic heterocycles. The molecule has 0 fully saturated rings. The second-order valence-corrected chi connectivity index (χ2v) is 18.7. The lowest BCUT2D eigenvalue weighted by molar-refractivity contribution is 0.463. The van der Waals surface area contributed by atoms with E-state index in [0.29, 0.717) is 50.6 Å². The molecule has 0 saturated heterocycles. The zero-order valence-corrected chi connectivity index (χ0v) is 35.7. The van der Waals surface area contributed by atoms with Crippen LogP contribution in [0.3, 0.4) is 0 Å². The Balaban J connectivity index is 0.979. The highest BCUT2D eigenvalue weighted by atomic mass is 31.2. The van der Waals surface area contributed by atoms with Crippen LogP contribution in [0.4, 0.5) is 26.3 Å². The predicted molar refractivity (Wildman–Crippen MR) is 251 cm³/mol. The molecule has 324 valence electrons. The van der Waals surface area contributed by atoms with Gasteiger partial charge in [-0.2, -0.15) is 0 Å². The van der Waals surface area contributed by atoms with E-state index >= 15 is 22.1 Å². The molecule has 0 amide bonds. The highest BCUT2D eigenvalue weighted by Gasteiger charge is 2.33. The van der Waals surface area contributed by atoms with Crippen molar-refractivity contribution in [2.45, 2.75) is 18.5 Å². The Bertz CT molecular complexity index is 3280. The van der Waals surface area contributed by atoms with Crippen molar-refractivity contribution in [2.75, 3.05) is 0 Å². The molecule has 0 radical (unpaired) electrons. The van der Waals surface area contributed by atoms with Crippen LogP contribution in [-0.4, -0.2) is 11.7 Å². The zero-order valence-electron chi connectivity index (χ0n) is 34.8. The summed E-state index contributed by atoms with van der Waals surface area (Å²) in [5, 5.41) is 5.50. The van der Waals surface area contributed by atoms with Gasteiger partial charge >= 0.3 is 0 Å². The second-order valence-electron chi connectivity index (χ2n) is 16.0. The summed E-state index contributed by atoms with van der Waals surface area (Å²) in [7, 11) is -3.60. The molecule has 0 spiro atoms. The van der Waals surface area contributed by atoms with E-state index in [2.05, 4.69) is 5.32 Å². The number of halogens is 6. The number of allylic oxidation sites excluding steroid dienone is 2. The Labute approximate surface area is 376 Å². The number of nitrogens with zero attached hydrogens (tertiary/aromatic N) is 2. The number of benzene rings is 8. The average Bonchev–Trinajstić information content (AvgIpc) is 3.36. The fraction of sp³-hybridized carbons (Fsp3) is 0.0545. The van der Waals surface area contributed by atoms with E-state index in [0.717, 1.165) is 11.1 Å². The Hall–Kier alpha value is -7.55. The molecular formula is C55H36F6N3OP. The summed E-state index contributed by atoms with van der Waals surface area (Å²) < 4.78 is 109. The minimum atomic E-state index is -3.60. The van der Waals surface area contributed by atoms with Crippen molar-refractivity contribution in [3.63, 3.8) is 0 Å². The molecule has 2 unspecified atom stereocenters. The largest absolute Gasteiger partial charge is 0.324 e. The molecule has 8 aromatic rings. The summed E-state index contributed by atoms with van der Waals surface area (Å²) in [5.41, 5.74) is 0.898. The fourth-order valence-corrected chi connectivity index (χ4v) is 11.4.